The minimum absolute atomic E-state index is 0.165. The van der Waals surface area contributed by atoms with Crippen molar-refractivity contribution in [2.75, 3.05) is 10.6 Å². The maximum Gasteiger partial charge on any atom is 0.256 e. The van der Waals surface area contributed by atoms with Gasteiger partial charge in [0.15, 0.2) is 0 Å². The molecule has 4 aromatic rings. The van der Waals surface area contributed by atoms with Crippen LogP contribution < -0.4 is 10.6 Å². The summed E-state index contributed by atoms with van der Waals surface area (Å²) in [6.45, 7) is 1.92. The van der Waals surface area contributed by atoms with Gasteiger partial charge in [-0.05, 0) is 48.4 Å². The molecule has 5 nitrogen and oxygen atoms in total. The molecule has 0 aliphatic rings. The first-order valence-electron chi connectivity index (χ1n) is 9.97. The normalized spacial score (nSPS) is 11.1. The molecular weight excluding hydrogens is 384 g/mol. The fourth-order valence-electron chi connectivity index (χ4n) is 3.12. The molecular formula is C26H22N4O. The van der Waals surface area contributed by atoms with Crippen molar-refractivity contribution >= 4 is 34.7 Å². The molecule has 152 valence electrons. The number of amides is 1. The number of rotatable bonds is 6. The third kappa shape index (κ3) is 5.42. The zero-order chi connectivity index (χ0) is 21.5. The van der Waals surface area contributed by atoms with Gasteiger partial charge in [0.1, 0.15) is 12.1 Å². The summed E-state index contributed by atoms with van der Waals surface area (Å²) in [5, 5.41) is 6.23. The third-order valence-electron chi connectivity index (χ3n) is 4.66. The van der Waals surface area contributed by atoms with Crippen molar-refractivity contribution in [1.82, 2.24) is 9.97 Å². The average Bonchev–Trinajstić information content (AvgIpc) is 2.80. The minimum atomic E-state index is -0.165. The number of anilines is 3. The standard InChI is InChI=1S/C26H22N4O/c1-19-16-25(28-18-27-19)29-22-12-14-23(15-13-22)30-26(31)24(21-10-6-3-7-11-21)17-20-8-4-2-5-9-20/h2-18H,1H3,(H,30,31)(H,27,28,29)/b24-17-. The molecule has 0 radical (unpaired) electrons. The largest absolute Gasteiger partial charge is 0.340 e. The Kier molecular flexibility index (Phi) is 6.14. The van der Waals surface area contributed by atoms with Gasteiger partial charge in [-0.1, -0.05) is 60.7 Å². The molecule has 5 heteroatoms. The van der Waals surface area contributed by atoms with Crippen LogP contribution in [0.2, 0.25) is 0 Å². The van der Waals surface area contributed by atoms with E-state index in [1.807, 2.05) is 104 Å². The summed E-state index contributed by atoms with van der Waals surface area (Å²) in [5.74, 6) is 0.559. The summed E-state index contributed by atoms with van der Waals surface area (Å²) >= 11 is 0. The lowest BCUT2D eigenvalue weighted by Crippen LogP contribution is -2.13. The number of aryl methyl sites for hydroxylation is 1. The number of benzene rings is 3. The van der Waals surface area contributed by atoms with Gasteiger partial charge in [0, 0.05) is 28.7 Å². The summed E-state index contributed by atoms with van der Waals surface area (Å²) in [6, 6.07) is 28.9. The first kappa shape index (κ1) is 20.0. The van der Waals surface area contributed by atoms with Crippen LogP contribution in [0, 0.1) is 6.92 Å². The van der Waals surface area contributed by atoms with Gasteiger partial charge in [-0.15, -0.1) is 0 Å². The Morgan fingerprint density at radius 3 is 2.13 bits per heavy atom. The molecule has 0 spiro atoms. The zero-order valence-electron chi connectivity index (χ0n) is 17.1. The molecule has 0 bridgehead atoms. The van der Waals surface area contributed by atoms with Crippen LogP contribution in [0.15, 0.2) is 97.3 Å². The predicted molar refractivity (Wildman–Crippen MR) is 126 cm³/mol. The minimum Gasteiger partial charge on any atom is -0.340 e. The van der Waals surface area contributed by atoms with Crippen LogP contribution in [-0.2, 0) is 4.79 Å². The lowest BCUT2D eigenvalue weighted by Gasteiger charge is -2.11. The summed E-state index contributed by atoms with van der Waals surface area (Å²) in [5.41, 5.74) is 4.91. The molecule has 0 aliphatic carbocycles. The number of aromatic nitrogens is 2. The van der Waals surface area contributed by atoms with Crippen LogP contribution in [0.5, 0.6) is 0 Å². The third-order valence-corrected chi connectivity index (χ3v) is 4.66. The maximum absolute atomic E-state index is 13.1. The Hall–Kier alpha value is -4.25. The van der Waals surface area contributed by atoms with Crippen LogP contribution in [-0.4, -0.2) is 15.9 Å². The maximum atomic E-state index is 13.1. The van der Waals surface area contributed by atoms with Gasteiger partial charge in [0.25, 0.3) is 5.91 Å². The molecule has 0 aliphatic heterocycles. The van der Waals surface area contributed by atoms with E-state index in [1.54, 1.807) is 0 Å². The number of carbonyl (C=O) groups excluding carboxylic acids is 1. The second-order valence-corrected chi connectivity index (χ2v) is 7.04. The fourth-order valence-corrected chi connectivity index (χ4v) is 3.12. The number of nitrogens with one attached hydrogen (secondary N) is 2. The summed E-state index contributed by atoms with van der Waals surface area (Å²) < 4.78 is 0. The van der Waals surface area contributed by atoms with Gasteiger partial charge in [0.05, 0.1) is 0 Å². The highest BCUT2D eigenvalue weighted by Gasteiger charge is 2.12. The second kappa shape index (κ2) is 9.50. The number of hydrogen-bond acceptors (Lipinski definition) is 4. The summed E-state index contributed by atoms with van der Waals surface area (Å²) in [4.78, 5) is 21.4. The number of nitrogens with zero attached hydrogens (tertiary/aromatic N) is 2. The Balaban J connectivity index is 1.52. The molecule has 1 heterocycles. The first-order chi connectivity index (χ1) is 15.2. The van der Waals surface area contributed by atoms with Crippen molar-refractivity contribution in [3.63, 3.8) is 0 Å². The van der Waals surface area contributed by atoms with Crippen LogP contribution in [0.4, 0.5) is 17.2 Å². The average molecular weight is 406 g/mol. The van der Waals surface area contributed by atoms with Gasteiger partial charge in [0.2, 0.25) is 0 Å². The van der Waals surface area contributed by atoms with Crippen molar-refractivity contribution in [2.24, 2.45) is 0 Å². The number of carbonyl (C=O) groups is 1. The molecule has 3 aromatic carbocycles. The molecule has 31 heavy (non-hydrogen) atoms. The topological polar surface area (TPSA) is 66.9 Å². The second-order valence-electron chi connectivity index (χ2n) is 7.04. The van der Waals surface area contributed by atoms with E-state index in [0.717, 1.165) is 28.3 Å². The summed E-state index contributed by atoms with van der Waals surface area (Å²) in [7, 11) is 0. The van der Waals surface area contributed by atoms with Crippen LogP contribution >= 0.6 is 0 Å². The molecule has 0 atom stereocenters. The van der Waals surface area contributed by atoms with Crippen LogP contribution in [0.25, 0.3) is 11.6 Å². The van der Waals surface area contributed by atoms with Crippen molar-refractivity contribution in [1.29, 1.82) is 0 Å². The van der Waals surface area contributed by atoms with Crippen LogP contribution in [0.1, 0.15) is 16.8 Å². The molecule has 1 aromatic heterocycles. The SMILES string of the molecule is Cc1cc(Nc2ccc(NC(=O)/C(=C\c3ccccc3)c3ccccc3)cc2)ncn1. The Morgan fingerprint density at radius 2 is 1.45 bits per heavy atom. The molecule has 0 saturated heterocycles. The Bertz CT molecular complexity index is 1190. The van der Waals surface area contributed by atoms with Crippen molar-refractivity contribution in [2.45, 2.75) is 6.92 Å². The Morgan fingerprint density at radius 1 is 0.806 bits per heavy atom. The molecule has 0 fully saturated rings. The monoisotopic (exact) mass is 406 g/mol. The van der Waals surface area contributed by atoms with E-state index < -0.39 is 0 Å². The van der Waals surface area contributed by atoms with Gasteiger partial charge in [-0.25, -0.2) is 9.97 Å². The van der Waals surface area contributed by atoms with Crippen LogP contribution in [0.3, 0.4) is 0 Å². The van der Waals surface area contributed by atoms with Gasteiger partial charge < -0.3 is 10.6 Å². The molecule has 1 amide bonds. The van der Waals surface area contributed by atoms with Gasteiger partial charge in [-0.2, -0.15) is 0 Å². The lowest BCUT2D eigenvalue weighted by molar-refractivity contribution is -0.111. The van der Waals surface area contributed by atoms with Gasteiger partial charge >= 0.3 is 0 Å². The van der Waals surface area contributed by atoms with E-state index in [4.69, 9.17) is 0 Å². The molecule has 4 rings (SSSR count). The highest BCUT2D eigenvalue weighted by molar-refractivity contribution is 6.29. The first-order valence-corrected chi connectivity index (χ1v) is 9.97. The van der Waals surface area contributed by atoms with Crippen molar-refractivity contribution in [3.8, 4) is 0 Å². The summed E-state index contributed by atoms with van der Waals surface area (Å²) in [6.07, 6.45) is 3.43. The van der Waals surface area contributed by atoms with Crippen molar-refractivity contribution < 1.29 is 4.79 Å². The fraction of sp³-hybridized carbons (Fsp3) is 0.0385. The molecule has 0 saturated carbocycles. The van der Waals surface area contributed by atoms with Gasteiger partial charge in [-0.3, -0.25) is 4.79 Å². The van der Waals surface area contributed by atoms with E-state index in [0.29, 0.717) is 11.3 Å². The Labute approximate surface area is 181 Å². The highest BCUT2D eigenvalue weighted by Crippen LogP contribution is 2.22. The van der Waals surface area contributed by atoms with E-state index >= 15 is 0 Å². The van der Waals surface area contributed by atoms with E-state index in [1.165, 1.54) is 6.33 Å². The highest BCUT2D eigenvalue weighted by atomic mass is 16.1. The molecule has 2 N–H and O–H groups in total. The van der Waals surface area contributed by atoms with Crippen molar-refractivity contribution in [3.05, 3.63) is 114 Å². The lowest BCUT2D eigenvalue weighted by atomic mass is 10.0. The predicted octanol–water partition coefficient (Wildman–Crippen LogP) is 5.71. The van der Waals surface area contributed by atoms with E-state index in [2.05, 4.69) is 20.6 Å². The smallest absolute Gasteiger partial charge is 0.256 e. The van der Waals surface area contributed by atoms with E-state index in [9.17, 15) is 4.79 Å². The zero-order valence-corrected chi connectivity index (χ0v) is 17.1. The molecule has 0 unspecified atom stereocenters. The number of hydrogen-bond donors (Lipinski definition) is 2. The van der Waals surface area contributed by atoms with E-state index in [-0.39, 0.29) is 5.91 Å². The quantitative estimate of drug-likeness (QED) is 0.318.